The lowest BCUT2D eigenvalue weighted by atomic mass is 10.1. The van der Waals surface area contributed by atoms with E-state index in [1.54, 1.807) is 18.3 Å². The molecule has 0 saturated carbocycles. The van der Waals surface area contributed by atoms with E-state index in [4.69, 9.17) is 0 Å². The normalized spacial score (nSPS) is 15.8. The fraction of sp³-hybridized carbons (Fsp3) is 0.294. The molecule has 0 saturated heterocycles. The highest BCUT2D eigenvalue weighted by Crippen LogP contribution is 2.24. The van der Waals surface area contributed by atoms with E-state index < -0.39 is 11.0 Å². The molecule has 124 valence electrons. The molecule has 1 aromatic rings. The van der Waals surface area contributed by atoms with Crippen LogP contribution in [0.3, 0.4) is 0 Å². The summed E-state index contributed by atoms with van der Waals surface area (Å²) in [6, 6.07) is 4.99. The number of rotatable bonds is 6. The molecule has 1 atom stereocenters. The molecule has 1 aromatic carbocycles. The molecule has 1 heterocycles. The molecule has 6 heteroatoms. The highest BCUT2D eigenvalue weighted by molar-refractivity contribution is 7.83. The van der Waals surface area contributed by atoms with Crippen molar-refractivity contribution in [3.63, 3.8) is 0 Å². The first-order chi connectivity index (χ1) is 10.9. The third kappa shape index (κ3) is 4.45. The predicted octanol–water partition coefficient (Wildman–Crippen LogP) is 3.39. The Hall–Kier alpha value is -2.08. The van der Waals surface area contributed by atoms with E-state index in [1.807, 2.05) is 31.9 Å². The van der Waals surface area contributed by atoms with E-state index >= 15 is 0 Å². The summed E-state index contributed by atoms with van der Waals surface area (Å²) in [5.41, 5.74) is 3.26. The minimum absolute atomic E-state index is 0.329. The number of nitrogens with one attached hydrogen (secondary N) is 2. The maximum atomic E-state index is 14.1. The van der Waals surface area contributed by atoms with Crippen LogP contribution in [-0.2, 0) is 11.0 Å². The summed E-state index contributed by atoms with van der Waals surface area (Å²) in [4.78, 5) is 1.82. The molecular weight excluding hydrogens is 313 g/mol. The van der Waals surface area contributed by atoms with Gasteiger partial charge in [-0.25, -0.2) is 8.60 Å². The van der Waals surface area contributed by atoms with Gasteiger partial charge in [0.25, 0.3) is 0 Å². The van der Waals surface area contributed by atoms with Crippen LogP contribution in [0.1, 0.15) is 18.9 Å². The molecule has 1 aliphatic heterocycles. The Morgan fingerprint density at radius 3 is 2.74 bits per heavy atom. The summed E-state index contributed by atoms with van der Waals surface area (Å²) in [5.74, 6) is 0.221. The van der Waals surface area contributed by atoms with Crippen LogP contribution in [0, 0.1) is 12.7 Å². The maximum absolute atomic E-state index is 14.1. The van der Waals surface area contributed by atoms with E-state index in [-0.39, 0.29) is 5.82 Å². The fourth-order valence-corrected chi connectivity index (χ4v) is 2.98. The molecule has 23 heavy (non-hydrogen) atoms. The first-order valence-corrected chi connectivity index (χ1v) is 8.76. The lowest BCUT2D eigenvalue weighted by Crippen LogP contribution is -2.28. The molecular formula is C17H22FN3OS. The highest BCUT2D eigenvalue weighted by Gasteiger charge is 2.17. The number of hydrogen-bond donors (Lipinski definition) is 2. The first-order valence-electron chi connectivity index (χ1n) is 7.44. The third-order valence-electron chi connectivity index (χ3n) is 3.38. The molecule has 2 rings (SSSR count). The molecule has 0 amide bonds. The smallest absolute Gasteiger partial charge is 0.146 e. The minimum atomic E-state index is -1.18. The molecule has 1 unspecified atom stereocenters. The molecule has 0 bridgehead atoms. The van der Waals surface area contributed by atoms with Gasteiger partial charge in [-0.3, -0.25) is 0 Å². The van der Waals surface area contributed by atoms with Gasteiger partial charge < -0.3 is 14.9 Å². The SMILES string of the molecule is C=C1C=C(Nc2ccc(C)cc2F)C(NS(=O)CCC)=CN1C. The summed E-state index contributed by atoms with van der Waals surface area (Å²) in [6.07, 6.45) is 4.41. The Bertz CT molecular complexity index is 697. The van der Waals surface area contributed by atoms with Crippen molar-refractivity contribution in [2.24, 2.45) is 0 Å². The number of benzene rings is 1. The van der Waals surface area contributed by atoms with Gasteiger partial charge in [0.05, 0.1) is 17.1 Å². The largest absolute Gasteiger partial charge is 0.351 e. The lowest BCUT2D eigenvalue weighted by Gasteiger charge is -2.26. The van der Waals surface area contributed by atoms with Gasteiger partial charge in [-0.15, -0.1) is 0 Å². The number of likely N-dealkylation sites (N-methyl/N-ethyl adjacent to an activating group) is 1. The Morgan fingerprint density at radius 1 is 1.35 bits per heavy atom. The molecule has 4 nitrogen and oxygen atoms in total. The Balaban J connectivity index is 2.25. The first kappa shape index (κ1) is 17.3. The van der Waals surface area contributed by atoms with Crippen molar-refractivity contribution < 1.29 is 8.60 Å². The van der Waals surface area contributed by atoms with Crippen molar-refractivity contribution in [1.82, 2.24) is 9.62 Å². The molecule has 0 spiro atoms. The van der Waals surface area contributed by atoms with Crippen molar-refractivity contribution in [1.29, 1.82) is 0 Å². The highest BCUT2D eigenvalue weighted by atomic mass is 32.2. The number of hydrogen-bond acceptors (Lipinski definition) is 3. The van der Waals surface area contributed by atoms with Gasteiger partial charge >= 0.3 is 0 Å². The van der Waals surface area contributed by atoms with E-state index in [2.05, 4.69) is 16.6 Å². The van der Waals surface area contributed by atoms with Gasteiger partial charge in [0.15, 0.2) is 0 Å². The van der Waals surface area contributed by atoms with Gasteiger partial charge in [-0.05, 0) is 37.1 Å². The second-order valence-electron chi connectivity index (χ2n) is 5.46. The van der Waals surface area contributed by atoms with E-state index in [0.717, 1.165) is 17.7 Å². The number of halogens is 1. The summed E-state index contributed by atoms with van der Waals surface area (Å²) < 4.78 is 29.0. The number of nitrogens with zero attached hydrogens (tertiary/aromatic N) is 1. The average Bonchev–Trinajstić information content (AvgIpc) is 2.47. The van der Waals surface area contributed by atoms with Crippen LogP contribution in [0.4, 0.5) is 10.1 Å². The van der Waals surface area contributed by atoms with Gasteiger partial charge in [0, 0.05) is 24.7 Å². The number of anilines is 1. The second kappa shape index (κ2) is 7.46. The number of aryl methyl sites for hydroxylation is 1. The third-order valence-corrected chi connectivity index (χ3v) is 4.61. The Morgan fingerprint density at radius 2 is 2.09 bits per heavy atom. The monoisotopic (exact) mass is 335 g/mol. The summed E-state index contributed by atoms with van der Waals surface area (Å²) in [6.45, 7) is 7.75. The van der Waals surface area contributed by atoms with Crippen LogP contribution < -0.4 is 10.0 Å². The standard InChI is InChI=1S/C17H22FN3OS/c1-5-8-23(22)20-17-11-21(4)13(3)10-16(17)19-15-7-6-12(2)9-14(15)18/h6-7,9-11,19-20H,3,5,8H2,1-2,4H3. The Kier molecular flexibility index (Phi) is 5.60. The molecule has 0 fully saturated rings. The zero-order chi connectivity index (χ0) is 17.0. The van der Waals surface area contributed by atoms with Gasteiger partial charge in [0.2, 0.25) is 0 Å². The van der Waals surface area contributed by atoms with Crippen LogP contribution in [0.5, 0.6) is 0 Å². The summed E-state index contributed by atoms with van der Waals surface area (Å²) in [5, 5.41) is 3.06. The average molecular weight is 335 g/mol. The Labute approximate surface area is 139 Å². The van der Waals surface area contributed by atoms with Crippen LogP contribution >= 0.6 is 0 Å². The van der Waals surface area contributed by atoms with Gasteiger partial charge in [-0.2, -0.15) is 0 Å². The molecule has 0 radical (unpaired) electrons. The van der Waals surface area contributed by atoms with Crippen molar-refractivity contribution in [3.05, 3.63) is 65.5 Å². The van der Waals surface area contributed by atoms with Crippen molar-refractivity contribution in [3.8, 4) is 0 Å². The van der Waals surface area contributed by atoms with Crippen molar-refractivity contribution >= 4 is 16.7 Å². The van der Waals surface area contributed by atoms with Crippen LogP contribution in [-0.4, -0.2) is 21.9 Å². The van der Waals surface area contributed by atoms with E-state index in [0.29, 0.717) is 22.8 Å². The van der Waals surface area contributed by atoms with Crippen LogP contribution in [0.15, 0.2) is 54.1 Å². The maximum Gasteiger partial charge on any atom is 0.146 e. The van der Waals surface area contributed by atoms with Crippen molar-refractivity contribution in [2.45, 2.75) is 20.3 Å². The molecule has 0 aromatic heterocycles. The predicted molar refractivity (Wildman–Crippen MR) is 94.3 cm³/mol. The second-order valence-corrected chi connectivity index (χ2v) is 6.77. The molecule has 2 N–H and O–H groups in total. The quantitative estimate of drug-likeness (QED) is 0.837. The number of allylic oxidation sites excluding steroid dienone is 1. The zero-order valence-electron chi connectivity index (χ0n) is 13.6. The van der Waals surface area contributed by atoms with E-state index in [1.165, 1.54) is 6.07 Å². The van der Waals surface area contributed by atoms with Crippen molar-refractivity contribution in [2.75, 3.05) is 18.1 Å². The molecule has 1 aliphatic rings. The fourth-order valence-electron chi connectivity index (χ4n) is 2.10. The zero-order valence-corrected chi connectivity index (χ0v) is 14.5. The van der Waals surface area contributed by atoms with Gasteiger partial charge in [0.1, 0.15) is 16.8 Å². The van der Waals surface area contributed by atoms with Gasteiger partial charge in [-0.1, -0.05) is 19.6 Å². The summed E-state index contributed by atoms with van der Waals surface area (Å²) in [7, 11) is 0.673. The topological polar surface area (TPSA) is 44.4 Å². The molecule has 0 aliphatic carbocycles. The van der Waals surface area contributed by atoms with Crippen LogP contribution in [0.25, 0.3) is 0 Å². The van der Waals surface area contributed by atoms with E-state index in [9.17, 15) is 8.60 Å². The van der Waals surface area contributed by atoms with Crippen LogP contribution in [0.2, 0.25) is 0 Å². The lowest BCUT2D eigenvalue weighted by molar-refractivity contribution is 0.573. The summed E-state index contributed by atoms with van der Waals surface area (Å²) >= 11 is 0. The minimum Gasteiger partial charge on any atom is -0.351 e.